The number of rotatable bonds is 9. The Kier molecular flexibility index (Phi) is 8.26. The standard InChI is InChI=1S/C32H43N5O2/c38-32(39)30(25-10-5-2-6-11-25)37-21-26(27(22-37)24-8-3-1-4-9-24)20-36-18-15-23(16-19-36)13-14-29-34-28-12-7-17-33-31(28)35-29/h1,3-4,7-9,12,17,23,25-27,30H,2,5-6,10-11,13-16,18-22H2,(H,38,39)(H,33,34,35)/t26-,27+,30+/m0/s1. The van der Waals surface area contributed by atoms with Gasteiger partial charge in [0, 0.05) is 38.2 Å². The Bertz CT molecular complexity index is 1180. The summed E-state index contributed by atoms with van der Waals surface area (Å²) in [5.74, 6) is 2.33. The Labute approximate surface area is 232 Å². The van der Waals surface area contributed by atoms with E-state index in [0.29, 0.717) is 17.8 Å². The van der Waals surface area contributed by atoms with E-state index in [1.165, 1.54) is 44.1 Å². The van der Waals surface area contributed by atoms with Gasteiger partial charge in [0.25, 0.3) is 0 Å². The molecule has 3 atom stereocenters. The second-order valence-corrected chi connectivity index (χ2v) is 12.3. The Morgan fingerprint density at radius 3 is 2.54 bits per heavy atom. The van der Waals surface area contributed by atoms with Crippen LogP contribution < -0.4 is 0 Å². The largest absolute Gasteiger partial charge is 0.480 e. The maximum atomic E-state index is 12.5. The number of imidazole rings is 1. The van der Waals surface area contributed by atoms with Crippen molar-refractivity contribution in [1.29, 1.82) is 0 Å². The highest BCUT2D eigenvalue weighted by molar-refractivity contribution is 5.74. The van der Waals surface area contributed by atoms with Gasteiger partial charge < -0.3 is 15.0 Å². The monoisotopic (exact) mass is 529 g/mol. The van der Waals surface area contributed by atoms with Gasteiger partial charge in [-0.15, -0.1) is 0 Å². The number of aromatic nitrogens is 3. The van der Waals surface area contributed by atoms with E-state index >= 15 is 0 Å². The first kappa shape index (κ1) is 26.5. The molecule has 3 aromatic rings. The number of aromatic amines is 1. The molecule has 7 heteroatoms. The quantitative estimate of drug-likeness (QED) is 0.389. The minimum Gasteiger partial charge on any atom is -0.480 e. The van der Waals surface area contributed by atoms with E-state index in [0.717, 1.165) is 74.9 Å². The lowest BCUT2D eigenvalue weighted by Gasteiger charge is -2.35. The van der Waals surface area contributed by atoms with Crippen molar-refractivity contribution in [3.05, 3.63) is 60.0 Å². The average Bonchev–Trinajstić information content (AvgIpc) is 3.57. The number of aliphatic carboxylic acids is 1. The predicted octanol–water partition coefficient (Wildman–Crippen LogP) is 5.35. The third-order valence-electron chi connectivity index (χ3n) is 9.74. The molecular formula is C32H43N5O2. The second kappa shape index (κ2) is 12.2. The zero-order chi connectivity index (χ0) is 26.6. The first-order valence-corrected chi connectivity index (χ1v) is 15.2. The highest BCUT2D eigenvalue weighted by Gasteiger charge is 2.43. The number of pyridine rings is 1. The molecule has 3 fully saturated rings. The van der Waals surface area contributed by atoms with Crippen molar-refractivity contribution in [2.45, 2.75) is 69.7 Å². The van der Waals surface area contributed by atoms with E-state index < -0.39 is 5.97 Å². The first-order chi connectivity index (χ1) is 19.1. The third-order valence-corrected chi connectivity index (χ3v) is 9.74. The summed E-state index contributed by atoms with van der Waals surface area (Å²) in [4.78, 5) is 30.0. The van der Waals surface area contributed by atoms with Crippen molar-refractivity contribution in [2.75, 3.05) is 32.7 Å². The number of carbonyl (C=O) groups is 1. The highest BCUT2D eigenvalue weighted by atomic mass is 16.4. The van der Waals surface area contributed by atoms with Gasteiger partial charge in [-0.1, -0.05) is 49.6 Å². The molecule has 7 nitrogen and oxygen atoms in total. The summed E-state index contributed by atoms with van der Waals surface area (Å²) < 4.78 is 0. The van der Waals surface area contributed by atoms with Gasteiger partial charge in [0.05, 0.1) is 5.52 Å². The number of nitrogens with one attached hydrogen (secondary N) is 1. The molecule has 2 aromatic heterocycles. The molecule has 0 amide bonds. The van der Waals surface area contributed by atoms with Crippen molar-refractivity contribution in [2.24, 2.45) is 17.8 Å². The first-order valence-electron chi connectivity index (χ1n) is 15.2. The Balaban J connectivity index is 1.07. The average molecular weight is 530 g/mol. The smallest absolute Gasteiger partial charge is 0.321 e. The molecule has 0 unspecified atom stereocenters. The lowest BCUT2D eigenvalue weighted by Crippen LogP contribution is -2.46. The fourth-order valence-electron chi connectivity index (χ4n) is 7.64. The molecule has 2 aliphatic heterocycles. The van der Waals surface area contributed by atoms with E-state index in [4.69, 9.17) is 0 Å². The van der Waals surface area contributed by atoms with Gasteiger partial charge in [0.15, 0.2) is 5.65 Å². The molecule has 4 heterocycles. The summed E-state index contributed by atoms with van der Waals surface area (Å²) in [6.45, 7) is 5.09. The number of fused-ring (bicyclic) bond motifs is 1. The van der Waals surface area contributed by atoms with Crippen LogP contribution in [0.4, 0.5) is 0 Å². The van der Waals surface area contributed by atoms with Crippen molar-refractivity contribution < 1.29 is 9.90 Å². The number of hydrogen-bond acceptors (Lipinski definition) is 5. The lowest BCUT2D eigenvalue weighted by atomic mass is 9.83. The van der Waals surface area contributed by atoms with Gasteiger partial charge in [-0.2, -0.15) is 0 Å². The minimum atomic E-state index is -0.615. The summed E-state index contributed by atoms with van der Waals surface area (Å²) in [7, 11) is 0. The number of H-pyrrole nitrogens is 1. The fourth-order valence-corrected chi connectivity index (χ4v) is 7.64. The van der Waals surface area contributed by atoms with Crippen molar-refractivity contribution in [3.8, 4) is 0 Å². The molecule has 0 radical (unpaired) electrons. The molecule has 1 aliphatic carbocycles. The van der Waals surface area contributed by atoms with E-state index in [1.807, 2.05) is 12.1 Å². The molecule has 6 rings (SSSR count). The lowest BCUT2D eigenvalue weighted by molar-refractivity contribution is -0.145. The number of likely N-dealkylation sites (tertiary alicyclic amines) is 2. The number of carboxylic acids is 1. The van der Waals surface area contributed by atoms with Crippen LogP contribution in [0.5, 0.6) is 0 Å². The maximum absolute atomic E-state index is 12.5. The third kappa shape index (κ3) is 6.20. The van der Waals surface area contributed by atoms with Crippen LogP contribution >= 0.6 is 0 Å². The Morgan fingerprint density at radius 2 is 1.79 bits per heavy atom. The van der Waals surface area contributed by atoms with Crippen LogP contribution in [0.1, 0.15) is 68.7 Å². The number of carboxylic acid groups (broad SMARTS) is 1. The molecule has 1 saturated carbocycles. The summed E-state index contributed by atoms with van der Waals surface area (Å²) >= 11 is 0. The van der Waals surface area contributed by atoms with Crippen LogP contribution in [-0.2, 0) is 11.2 Å². The van der Waals surface area contributed by atoms with E-state index in [9.17, 15) is 9.90 Å². The van der Waals surface area contributed by atoms with E-state index in [-0.39, 0.29) is 6.04 Å². The number of hydrogen-bond donors (Lipinski definition) is 2. The summed E-state index contributed by atoms with van der Waals surface area (Å²) in [6.07, 6.45) is 12.1. The SMILES string of the molecule is O=C(O)[C@@H](C1CCCCC1)N1C[C@H](CN2CCC(CCc3nc4ncccc4[nH]3)CC2)[C@@H](c2ccccc2)C1. The van der Waals surface area contributed by atoms with Gasteiger partial charge in [0.2, 0.25) is 0 Å². The molecule has 3 aliphatic rings. The minimum absolute atomic E-state index is 0.296. The van der Waals surface area contributed by atoms with Crippen LogP contribution in [0.15, 0.2) is 48.7 Å². The van der Waals surface area contributed by atoms with Crippen LogP contribution in [0, 0.1) is 17.8 Å². The van der Waals surface area contributed by atoms with Crippen molar-refractivity contribution >= 4 is 17.1 Å². The van der Waals surface area contributed by atoms with Crippen LogP contribution in [-0.4, -0.2) is 74.6 Å². The maximum Gasteiger partial charge on any atom is 0.321 e. The Morgan fingerprint density at radius 1 is 1.00 bits per heavy atom. The molecule has 2 saturated heterocycles. The van der Waals surface area contributed by atoms with E-state index in [1.54, 1.807) is 6.20 Å². The summed E-state index contributed by atoms with van der Waals surface area (Å²) in [6, 6.07) is 14.5. The van der Waals surface area contributed by atoms with Crippen LogP contribution in [0.2, 0.25) is 0 Å². The van der Waals surface area contributed by atoms with Crippen LogP contribution in [0.25, 0.3) is 11.2 Å². The second-order valence-electron chi connectivity index (χ2n) is 12.3. The molecule has 208 valence electrons. The van der Waals surface area contributed by atoms with Gasteiger partial charge in [0.1, 0.15) is 11.9 Å². The van der Waals surface area contributed by atoms with Gasteiger partial charge in [-0.3, -0.25) is 9.69 Å². The highest BCUT2D eigenvalue weighted by Crippen LogP contribution is 2.38. The number of benzene rings is 1. The number of nitrogens with zero attached hydrogens (tertiary/aromatic N) is 4. The topological polar surface area (TPSA) is 85.3 Å². The van der Waals surface area contributed by atoms with Crippen LogP contribution in [0.3, 0.4) is 0 Å². The molecule has 0 bridgehead atoms. The number of aryl methyl sites for hydroxylation is 1. The molecule has 1 aromatic carbocycles. The molecular weight excluding hydrogens is 486 g/mol. The summed E-state index contributed by atoms with van der Waals surface area (Å²) in [5.41, 5.74) is 3.21. The molecule has 2 N–H and O–H groups in total. The van der Waals surface area contributed by atoms with Crippen molar-refractivity contribution in [3.63, 3.8) is 0 Å². The molecule has 0 spiro atoms. The van der Waals surface area contributed by atoms with Gasteiger partial charge in [-0.05, 0) is 80.6 Å². The zero-order valence-corrected chi connectivity index (χ0v) is 23.0. The Hall–Kier alpha value is -2.77. The van der Waals surface area contributed by atoms with E-state index in [2.05, 4.69) is 55.1 Å². The zero-order valence-electron chi connectivity index (χ0n) is 23.0. The van der Waals surface area contributed by atoms with Gasteiger partial charge >= 0.3 is 5.97 Å². The fraction of sp³-hybridized carbons (Fsp3) is 0.594. The predicted molar refractivity (Wildman–Crippen MR) is 154 cm³/mol. The normalized spacial score (nSPS) is 24.8. The van der Waals surface area contributed by atoms with Crippen molar-refractivity contribution in [1.82, 2.24) is 24.8 Å². The number of piperidine rings is 1. The summed E-state index contributed by atoms with van der Waals surface area (Å²) in [5, 5.41) is 10.3. The van der Waals surface area contributed by atoms with Gasteiger partial charge in [-0.25, -0.2) is 9.97 Å². The molecule has 39 heavy (non-hydrogen) atoms.